The van der Waals surface area contributed by atoms with Gasteiger partial charge in [-0.3, -0.25) is 4.79 Å². The van der Waals surface area contributed by atoms with Gasteiger partial charge in [0, 0.05) is 11.6 Å². The summed E-state index contributed by atoms with van der Waals surface area (Å²) in [5.41, 5.74) is 9.37. The Balaban J connectivity index is 0.00000147. The van der Waals surface area contributed by atoms with Crippen LogP contribution in [0.4, 0.5) is 5.69 Å². The van der Waals surface area contributed by atoms with Crippen molar-refractivity contribution in [1.29, 1.82) is 0 Å². The molecular weight excluding hydrogens is 294 g/mol. The van der Waals surface area contributed by atoms with E-state index in [0.29, 0.717) is 12.5 Å². The molecule has 6 heteroatoms. The summed E-state index contributed by atoms with van der Waals surface area (Å²) < 4.78 is 1.10. The largest absolute Gasteiger partial charge is 0.330 e. The summed E-state index contributed by atoms with van der Waals surface area (Å²) in [5.74, 6) is 0.520. The molecule has 1 aliphatic carbocycles. The summed E-state index contributed by atoms with van der Waals surface area (Å²) in [6.45, 7) is 0.603. The van der Waals surface area contributed by atoms with E-state index in [4.69, 9.17) is 5.73 Å². The molecule has 1 amide bonds. The van der Waals surface area contributed by atoms with Crippen molar-refractivity contribution in [2.45, 2.75) is 19.3 Å². The smallest absolute Gasteiger partial charge is 0.227 e. The lowest BCUT2D eigenvalue weighted by Crippen LogP contribution is -2.29. The molecule has 1 aliphatic rings. The average Bonchev–Trinajstić information content (AvgIpc) is 3.06. The minimum atomic E-state index is 0. The van der Waals surface area contributed by atoms with Crippen LogP contribution in [0, 0.1) is 11.8 Å². The van der Waals surface area contributed by atoms with Crippen LogP contribution >= 0.6 is 23.7 Å². The van der Waals surface area contributed by atoms with Crippen LogP contribution in [0.2, 0.25) is 0 Å². The van der Waals surface area contributed by atoms with Crippen LogP contribution in [-0.2, 0) is 4.79 Å². The molecule has 1 fully saturated rings. The minimum absolute atomic E-state index is 0. The number of carbonyl (C=O) groups excluding carboxylic acids is 1. The molecule has 3 N–H and O–H groups in total. The second-order valence-corrected chi connectivity index (χ2v) is 5.94. The van der Waals surface area contributed by atoms with E-state index in [1.165, 1.54) is 0 Å². The Morgan fingerprint density at radius 1 is 1.45 bits per heavy atom. The summed E-state index contributed by atoms with van der Waals surface area (Å²) in [6.07, 6.45) is 3.13. The molecular formula is C14H18ClN3OS. The first-order valence-corrected chi connectivity index (χ1v) is 7.50. The molecule has 108 valence electrons. The summed E-state index contributed by atoms with van der Waals surface area (Å²) in [6, 6.07) is 5.83. The highest BCUT2D eigenvalue weighted by Gasteiger charge is 2.31. The Hall–Kier alpha value is -1.17. The molecule has 0 bridgehead atoms. The van der Waals surface area contributed by atoms with Gasteiger partial charge in [0.1, 0.15) is 0 Å². The normalized spacial score (nSPS) is 21.6. The van der Waals surface area contributed by atoms with E-state index in [9.17, 15) is 4.79 Å². The van der Waals surface area contributed by atoms with Crippen molar-refractivity contribution in [2.75, 3.05) is 11.9 Å². The van der Waals surface area contributed by atoms with Gasteiger partial charge < -0.3 is 11.1 Å². The van der Waals surface area contributed by atoms with Crippen molar-refractivity contribution in [1.82, 2.24) is 4.98 Å². The van der Waals surface area contributed by atoms with Crippen LogP contribution in [0.25, 0.3) is 10.2 Å². The van der Waals surface area contributed by atoms with Gasteiger partial charge in [-0.2, -0.15) is 0 Å². The maximum absolute atomic E-state index is 12.3. The lowest BCUT2D eigenvalue weighted by atomic mass is 9.95. The summed E-state index contributed by atoms with van der Waals surface area (Å²) in [7, 11) is 0. The van der Waals surface area contributed by atoms with E-state index in [0.717, 1.165) is 35.2 Å². The number of nitrogens with two attached hydrogens (primary N) is 1. The van der Waals surface area contributed by atoms with Crippen molar-refractivity contribution in [3.63, 3.8) is 0 Å². The van der Waals surface area contributed by atoms with Crippen LogP contribution in [0.1, 0.15) is 19.3 Å². The number of fused-ring (bicyclic) bond motifs is 1. The summed E-state index contributed by atoms with van der Waals surface area (Å²) in [5, 5.41) is 3.01. The van der Waals surface area contributed by atoms with E-state index in [1.54, 1.807) is 11.3 Å². The molecule has 0 unspecified atom stereocenters. The summed E-state index contributed by atoms with van der Waals surface area (Å²) in [4.78, 5) is 16.5. The van der Waals surface area contributed by atoms with E-state index in [1.807, 2.05) is 23.7 Å². The third-order valence-electron chi connectivity index (χ3n) is 3.90. The number of rotatable bonds is 3. The van der Waals surface area contributed by atoms with Crippen molar-refractivity contribution in [3.05, 3.63) is 23.7 Å². The van der Waals surface area contributed by atoms with E-state index >= 15 is 0 Å². The van der Waals surface area contributed by atoms with E-state index in [-0.39, 0.29) is 24.2 Å². The zero-order chi connectivity index (χ0) is 13.2. The number of hydrogen-bond donors (Lipinski definition) is 2. The van der Waals surface area contributed by atoms with Gasteiger partial charge in [0.25, 0.3) is 0 Å². The number of halogens is 1. The molecule has 1 aromatic heterocycles. The average molecular weight is 312 g/mol. The fourth-order valence-corrected chi connectivity index (χ4v) is 3.55. The Kier molecular flexibility index (Phi) is 4.96. The number of benzene rings is 1. The maximum Gasteiger partial charge on any atom is 0.227 e. The third-order valence-corrected chi connectivity index (χ3v) is 4.69. The minimum Gasteiger partial charge on any atom is -0.330 e. The third kappa shape index (κ3) is 2.95. The van der Waals surface area contributed by atoms with E-state index < -0.39 is 0 Å². The molecule has 1 saturated carbocycles. The lowest BCUT2D eigenvalue weighted by molar-refractivity contribution is -0.120. The lowest BCUT2D eigenvalue weighted by Gasteiger charge is -2.17. The molecule has 4 nitrogen and oxygen atoms in total. The highest BCUT2D eigenvalue weighted by atomic mass is 35.5. The zero-order valence-corrected chi connectivity index (χ0v) is 12.7. The highest BCUT2D eigenvalue weighted by molar-refractivity contribution is 7.16. The maximum atomic E-state index is 12.3. The van der Waals surface area contributed by atoms with Crippen molar-refractivity contribution in [3.8, 4) is 0 Å². The van der Waals surface area contributed by atoms with Crippen LogP contribution in [-0.4, -0.2) is 17.4 Å². The number of nitrogens with zero attached hydrogens (tertiary/aromatic N) is 1. The topological polar surface area (TPSA) is 68.0 Å². The first kappa shape index (κ1) is 15.2. The van der Waals surface area contributed by atoms with Gasteiger partial charge in [-0.05, 0) is 43.5 Å². The predicted octanol–water partition coefficient (Wildman–Crippen LogP) is 3.03. The van der Waals surface area contributed by atoms with E-state index in [2.05, 4.69) is 10.3 Å². The fraction of sp³-hybridized carbons (Fsp3) is 0.429. The Bertz CT molecular complexity index is 601. The van der Waals surface area contributed by atoms with Crippen molar-refractivity contribution >= 4 is 45.6 Å². The van der Waals surface area contributed by atoms with Crippen molar-refractivity contribution < 1.29 is 4.79 Å². The molecule has 2 atom stereocenters. The molecule has 20 heavy (non-hydrogen) atoms. The number of carbonyl (C=O) groups is 1. The van der Waals surface area contributed by atoms with Gasteiger partial charge in [0.15, 0.2) is 0 Å². The molecule has 0 saturated heterocycles. The predicted molar refractivity (Wildman–Crippen MR) is 85.4 cm³/mol. The Morgan fingerprint density at radius 3 is 3.10 bits per heavy atom. The number of aromatic nitrogens is 1. The van der Waals surface area contributed by atoms with Gasteiger partial charge in [-0.1, -0.05) is 6.42 Å². The SMILES string of the molecule is Cl.NC[C@H]1CCC[C@H]1C(=O)Nc1ccc2ncsc2c1. The Morgan fingerprint density at radius 2 is 2.30 bits per heavy atom. The molecule has 1 aromatic carbocycles. The van der Waals surface area contributed by atoms with Gasteiger partial charge in [0.05, 0.1) is 15.7 Å². The van der Waals surface area contributed by atoms with Crippen molar-refractivity contribution in [2.24, 2.45) is 17.6 Å². The van der Waals surface area contributed by atoms with Crippen LogP contribution < -0.4 is 11.1 Å². The second kappa shape index (κ2) is 6.52. The Labute approximate surface area is 128 Å². The second-order valence-electron chi connectivity index (χ2n) is 5.06. The first-order chi connectivity index (χ1) is 9.28. The van der Waals surface area contributed by atoms with Gasteiger partial charge >= 0.3 is 0 Å². The molecule has 3 rings (SSSR count). The van der Waals surface area contributed by atoms with Gasteiger partial charge in [-0.25, -0.2) is 4.98 Å². The monoisotopic (exact) mass is 311 g/mol. The van der Waals surface area contributed by atoms with Crippen LogP contribution in [0.3, 0.4) is 0 Å². The molecule has 1 heterocycles. The van der Waals surface area contributed by atoms with Crippen LogP contribution in [0.15, 0.2) is 23.7 Å². The molecule has 0 radical (unpaired) electrons. The van der Waals surface area contributed by atoms with Gasteiger partial charge in [0.2, 0.25) is 5.91 Å². The fourth-order valence-electron chi connectivity index (χ4n) is 2.83. The highest BCUT2D eigenvalue weighted by Crippen LogP contribution is 2.32. The number of anilines is 1. The van der Waals surface area contributed by atoms with Crippen LogP contribution in [0.5, 0.6) is 0 Å². The summed E-state index contributed by atoms with van der Waals surface area (Å²) >= 11 is 1.58. The molecule has 0 spiro atoms. The van der Waals surface area contributed by atoms with Gasteiger partial charge in [-0.15, -0.1) is 23.7 Å². The number of nitrogens with one attached hydrogen (secondary N) is 1. The number of thiazole rings is 1. The zero-order valence-electron chi connectivity index (χ0n) is 11.0. The standard InChI is InChI=1S/C14H17N3OS.ClH/c15-7-9-2-1-3-11(9)14(18)17-10-4-5-12-13(6-10)19-8-16-12;/h4-6,8-9,11H,1-3,7,15H2,(H,17,18);1H/t9-,11-;/m1./s1. The number of hydrogen-bond acceptors (Lipinski definition) is 4. The molecule has 0 aliphatic heterocycles. The quantitative estimate of drug-likeness (QED) is 0.915. The first-order valence-electron chi connectivity index (χ1n) is 6.62. The molecule has 2 aromatic rings. The number of amides is 1.